The van der Waals surface area contributed by atoms with Crippen LogP contribution in [0.4, 0.5) is 18.9 Å². The minimum absolute atomic E-state index is 0.343. The molecule has 2 rings (SSSR count). The quantitative estimate of drug-likeness (QED) is 0.879. The van der Waals surface area contributed by atoms with Crippen LogP contribution in [0.25, 0.3) is 0 Å². The van der Waals surface area contributed by atoms with Crippen molar-refractivity contribution in [2.45, 2.75) is 13.0 Å². The number of esters is 1. The van der Waals surface area contributed by atoms with Gasteiger partial charge in [0.2, 0.25) is 0 Å². The number of carbonyl (C=O) groups is 2. The summed E-state index contributed by atoms with van der Waals surface area (Å²) < 4.78 is 45.1. The van der Waals surface area contributed by atoms with E-state index < -0.39 is 41.1 Å². The summed E-state index contributed by atoms with van der Waals surface area (Å²) in [6.45, 7) is 1.20. The van der Waals surface area contributed by atoms with E-state index in [1.807, 2.05) is 5.32 Å². The predicted octanol–water partition coefficient (Wildman–Crippen LogP) is 3.29. The lowest BCUT2D eigenvalue weighted by atomic mass is 10.2. The topological polar surface area (TPSA) is 55.4 Å². The second-order valence-corrected chi connectivity index (χ2v) is 4.61. The van der Waals surface area contributed by atoms with E-state index in [2.05, 4.69) is 0 Å². The van der Waals surface area contributed by atoms with Gasteiger partial charge in [-0.2, -0.15) is 0 Å². The average Bonchev–Trinajstić information content (AvgIpc) is 2.51. The smallest absolute Gasteiger partial charge is 0.341 e. The van der Waals surface area contributed by atoms with Crippen molar-refractivity contribution < 1.29 is 27.5 Å². The van der Waals surface area contributed by atoms with Gasteiger partial charge in [-0.05, 0) is 31.2 Å². The van der Waals surface area contributed by atoms with Crippen LogP contribution in [0.15, 0.2) is 42.5 Å². The van der Waals surface area contributed by atoms with Gasteiger partial charge in [0.25, 0.3) is 5.91 Å². The van der Waals surface area contributed by atoms with E-state index in [0.29, 0.717) is 0 Å². The molecule has 0 radical (unpaired) electrons. The fourth-order valence-corrected chi connectivity index (χ4v) is 1.75. The van der Waals surface area contributed by atoms with Crippen LogP contribution in [0, 0.1) is 17.5 Å². The third-order valence-corrected chi connectivity index (χ3v) is 2.96. The number of amides is 1. The van der Waals surface area contributed by atoms with Gasteiger partial charge in [0.1, 0.15) is 23.1 Å². The van der Waals surface area contributed by atoms with Crippen molar-refractivity contribution in [2.24, 2.45) is 0 Å². The molecule has 0 heterocycles. The number of benzene rings is 2. The molecule has 0 aliphatic carbocycles. The van der Waals surface area contributed by atoms with E-state index in [1.54, 1.807) is 0 Å². The molecule has 0 saturated heterocycles. The molecule has 1 N–H and O–H groups in total. The minimum atomic E-state index is -1.37. The first-order chi connectivity index (χ1) is 10.9. The summed E-state index contributed by atoms with van der Waals surface area (Å²) >= 11 is 0. The van der Waals surface area contributed by atoms with Crippen LogP contribution in [0.3, 0.4) is 0 Å². The lowest BCUT2D eigenvalue weighted by Crippen LogP contribution is -2.30. The zero-order valence-corrected chi connectivity index (χ0v) is 12.0. The van der Waals surface area contributed by atoms with Gasteiger partial charge < -0.3 is 10.1 Å². The molecule has 120 valence electrons. The third-order valence-electron chi connectivity index (χ3n) is 2.96. The summed E-state index contributed by atoms with van der Waals surface area (Å²) in [6.07, 6.45) is -1.37. The van der Waals surface area contributed by atoms with Gasteiger partial charge in [0.05, 0.1) is 5.56 Å². The molecule has 0 aliphatic rings. The van der Waals surface area contributed by atoms with Crippen LogP contribution in [-0.2, 0) is 9.53 Å². The molecular formula is C16H12F3NO3. The maximum Gasteiger partial charge on any atom is 0.341 e. The first kappa shape index (κ1) is 16.5. The van der Waals surface area contributed by atoms with Crippen LogP contribution in [-0.4, -0.2) is 18.0 Å². The second-order valence-electron chi connectivity index (χ2n) is 4.61. The second kappa shape index (κ2) is 6.95. The monoisotopic (exact) mass is 323 g/mol. The maximum absolute atomic E-state index is 13.4. The Labute approximate surface area is 129 Å². The molecule has 4 nitrogen and oxygen atoms in total. The number of halogens is 3. The molecule has 7 heteroatoms. The third kappa shape index (κ3) is 3.88. The molecule has 0 aliphatic heterocycles. The molecule has 0 bridgehead atoms. The predicted molar refractivity (Wildman–Crippen MR) is 76.3 cm³/mol. The molecular weight excluding hydrogens is 311 g/mol. The number of ether oxygens (including phenoxy) is 1. The van der Waals surface area contributed by atoms with E-state index >= 15 is 0 Å². The van der Waals surface area contributed by atoms with Crippen molar-refractivity contribution in [3.8, 4) is 0 Å². The van der Waals surface area contributed by atoms with Crippen molar-refractivity contribution in [1.29, 1.82) is 0 Å². The Balaban J connectivity index is 2.06. The number of para-hydroxylation sites is 1. The largest absolute Gasteiger partial charge is 0.449 e. The van der Waals surface area contributed by atoms with E-state index in [4.69, 9.17) is 4.74 Å². The Kier molecular flexibility index (Phi) is 5.00. The number of hydrogen-bond acceptors (Lipinski definition) is 3. The lowest BCUT2D eigenvalue weighted by molar-refractivity contribution is -0.123. The molecule has 23 heavy (non-hydrogen) atoms. The Bertz CT molecular complexity index is 729. The van der Waals surface area contributed by atoms with E-state index in [9.17, 15) is 22.8 Å². The summed E-state index contributed by atoms with van der Waals surface area (Å²) in [6, 6.07) is 8.16. The van der Waals surface area contributed by atoms with Crippen LogP contribution >= 0.6 is 0 Å². The van der Waals surface area contributed by atoms with Crippen molar-refractivity contribution in [3.05, 3.63) is 65.5 Å². The van der Waals surface area contributed by atoms with Crippen LogP contribution in [0.1, 0.15) is 17.3 Å². The molecule has 0 aromatic heterocycles. The van der Waals surface area contributed by atoms with Crippen molar-refractivity contribution in [3.63, 3.8) is 0 Å². The normalized spacial score (nSPS) is 11.7. The molecule has 1 amide bonds. The van der Waals surface area contributed by atoms with Crippen molar-refractivity contribution in [2.75, 3.05) is 5.32 Å². The van der Waals surface area contributed by atoms with Gasteiger partial charge in [0.15, 0.2) is 6.10 Å². The Morgan fingerprint density at radius 3 is 2.13 bits per heavy atom. The summed E-state index contributed by atoms with van der Waals surface area (Å²) in [4.78, 5) is 23.6. The zero-order valence-electron chi connectivity index (χ0n) is 12.0. The molecule has 0 spiro atoms. The summed E-state index contributed by atoms with van der Waals surface area (Å²) in [5.41, 5.74) is -0.990. The van der Waals surface area contributed by atoms with Gasteiger partial charge in [0, 0.05) is 0 Å². The fourth-order valence-electron chi connectivity index (χ4n) is 1.75. The molecule has 0 saturated carbocycles. The Hall–Kier alpha value is -2.83. The average molecular weight is 323 g/mol. The van der Waals surface area contributed by atoms with Crippen molar-refractivity contribution in [1.82, 2.24) is 0 Å². The highest BCUT2D eigenvalue weighted by Gasteiger charge is 2.22. The zero-order chi connectivity index (χ0) is 17.0. The number of rotatable bonds is 4. The number of hydrogen-bond donors (Lipinski definition) is 1. The summed E-state index contributed by atoms with van der Waals surface area (Å²) in [5.74, 6) is -4.74. The van der Waals surface area contributed by atoms with Gasteiger partial charge in [-0.3, -0.25) is 4.79 Å². The fraction of sp³-hybridized carbons (Fsp3) is 0.125. The number of nitrogens with one attached hydrogen (secondary N) is 1. The highest BCUT2D eigenvalue weighted by Crippen LogP contribution is 2.18. The van der Waals surface area contributed by atoms with E-state index in [0.717, 1.165) is 24.3 Å². The SMILES string of the molecule is C[C@@H](OC(=O)c1ccccc1F)C(=O)Nc1c(F)cccc1F. The van der Waals surface area contributed by atoms with Gasteiger partial charge in [-0.25, -0.2) is 18.0 Å². The number of anilines is 1. The lowest BCUT2D eigenvalue weighted by Gasteiger charge is -2.14. The van der Waals surface area contributed by atoms with Crippen molar-refractivity contribution >= 4 is 17.6 Å². The minimum Gasteiger partial charge on any atom is -0.449 e. The highest BCUT2D eigenvalue weighted by molar-refractivity contribution is 5.97. The Morgan fingerprint density at radius 2 is 1.52 bits per heavy atom. The highest BCUT2D eigenvalue weighted by atomic mass is 19.1. The van der Waals surface area contributed by atoms with Gasteiger partial charge in [-0.15, -0.1) is 0 Å². The molecule has 0 fully saturated rings. The van der Waals surface area contributed by atoms with E-state index in [-0.39, 0.29) is 5.56 Å². The summed E-state index contributed by atoms with van der Waals surface area (Å²) in [7, 11) is 0. The maximum atomic E-state index is 13.4. The first-order valence-corrected chi connectivity index (χ1v) is 6.60. The Morgan fingerprint density at radius 1 is 0.957 bits per heavy atom. The van der Waals surface area contributed by atoms with Crippen LogP contribution in [0.2, 0.25) is 0 Å². The molecule has 2 aromatic carbocycles. The number of carbonyl (C=O) groups excluding carboxylic acids is 2. The van der Waals surface area contributed by atoms with Crippen LogP contribution < -0.4 is 5.32 Å². The van der Waals surface area contributed by atoms with E-state index in [1.165, 1.54) is 25.1 Å². The first-order valence-electron chi connectivity index (χ1n) is 6.60. The van der Waals surface area contributed by atoms with Gasteiger partial charge in [-0.1, -0.05) is 18.2 Å². The van der Waals surface area contributed by atoms with Gasteiger partial charge >= 0.3 is 5.97 Å². The molecule has 0 unspecified atom stereocenters. The van der Waals surface area contributed by atoms with Crippen LogP contribution in [0.5, 0.6) is 0 Å². The molecule has 1 atom stereocenters. The molecule has 2 aromatic rings. The standard InChI is InChI=1S/C16H12F3NO3/c1-9(23-16(22)10-5-2-3-6-11(10)17)15(21)20-14-12(18)7-4-8-13(14)19/h2-9H,1H3,(H,20,21)/t9-/m1/s1. The summed E-state index contributed by atoms with van der Waals surface area (Å²) in [5, 5.41) is 1.99.